The fourth-order valence-electron chi connectivity index (χ4n) is 8.22. The average molecular weight is 954 g/mol. The Morgan fingerprint density at radius 3 is 1.84 bits per heavy atom. The van der Waals surface area contributed by atoms with Crippen molar-refractivity contribution in [1.29, 1.82) is 5.26 Å². The van der Waals surface area contributed by atoms with Crippen molar-refractivity contribution in [2.75, 3.05) is 32.8 Å². The number of carbonyl (C=O) groups is 2. The van der Waals surface area contributed by atoms with Gasteiger partial charge < -0.3 is 38.0 Å². The molecule has 0 radical (unpaired) electrons. The van der Waals surface area contributed by atoms with Crippen LogP contribution < -0.4 is 20.5 Å². The van der Waals surface area contributed by atoms with Crippen LogP contribution in [0.2, 0.25) is 0 Å². The van der Waals surface area contributed by atoms with Crippen LogP contribution in [0.5, 0.6) is 11.5 Å². The molecule has 2 heterocycles. The minimum atomic E-state index is -2.05. The van der Waals surface area contributed by atoms with Gasteiger partial charge in [-0.05, 0) is 99.0 Å². The maximum atomic E-state index is 14.4. The predicted octanol–water partition coefficient (Wildman–Crippen LogP) is 9.31. The molecule has 7 rings (SSSR count). The summed E-state index contributed by atoms with van der Waals surface area (Å²) in [6.07, 6.45) is -3.60. The summed E-state index contributed by atoms with van der Waals surface area (Å²) >= 11 is 0. The summed E-state index contributed by atoms with van der Waals surface area (Å²) in [4.78, 5) is 46.0. The van der Waals surface area contributed by atoms with Gasteiger partial charge in [-0.25, -0.2) is 14.3 Å². The van der Waals surface area contributed by atoms with Crippen molar-refractivity contribution in [3.63, 3.8) is 0 Å². The number of carbonyl (C=O) groups excluding carboxylic acids is 2. The lowest BCUT2D eigenvalue weighted by Gasteiger charge is -2.48. The van der Waals surface area contributed by atoms with Crippen molar-refractivity contribution >= 4 is 26.2 Å². The van der Waals surface area contributed by atoms with Gasteiger partial charge in [0.25, 0.3) is 14.4 Å². The lowest BCUT2D eigenvalue weighted by Crippen LogP contribution is -2.58. The molecule has 1 unspecified atom stereocenters. The van der Waals surface area contributed by atoms with E-state index in [0.717, 1.165) is 5.56 Å². The van der Waals surface area contributed by atoms with Crippen LogP contribution in [0.4, 0.5) is 5.82 Å². The summed E-state index contributed by atoms with van der Waals surface area (Å²) in [5, 5.41) is 12.3. The number of amides is 1. The Hall–Kier alpha value is -6.76. The van der Waals surface area contributed by atoms with Crippen molar-refractivity contribution in [3.8, 4) is 17.6 Å². The van der Waals surface area contributed by atoms with E-state index in [4.69, 9.17) is 32.7 Å². The molecule has 1 aliphatic rings. The fourth-order valence-corrected chi connectivity index (χ4v) is 9.99. The van der Waals surface area contributed by atoms with Gasteiger partial charge in [0.15, 0.2) is 12.3 Å². The molecule has 1 fully saturated rings. The van der Waals surface area contributed by atoms with Crippen molar-refractivity contribution in [1.82, 2.24) is 14.2 Å². The Kier molecular flexibility index (Phi) is 17.1. The van der Waals surface area contributed by atoms with Crippen LogP contribution in [0.3, 0.4) is 0 Å². The van der Waals surface area contributed by atoms with Crippen LogP contribution in [0, 0.1) is 11.3 Å². The number of aromatic nitrogens is 2. The molecule has 1 aliphatic heterocycles. The number of hydrogen-bond acceptors (Lipinski definition) is 13. The van der Waals surface area contributed by atoms with Crippen LogP contribution in [0.15, 0.2) is 157 Å². The first-order chi connectivity index (χ1) is 33.5. The van der Waals surface area contributed by atoms with E-state index < -0.39 is 56.2 Å². The number of hydrogen-bond donors (Lipinski definition) is 1. The quantitative estimate of drug-likeness (QED) is 0.0332. The Labute approximate surface area is 403 Å². The van der Waals surface area contributed by atoms with E-state index in [1.807, 2.05) is 107 Å². The van der Waals surface area contributed by atoms with Crippen molar-refractivity contribution in [3.05, 3.63) is 190 Å². The molecule has 358 valence electrons. The molecule has 69 heavy (non-hydrogen) atoms. The molecule has 15 nitrogen and oxygen atoms in total. The largest absolute Gasteiger partial charge is 0.497 e. The van der Waals surface area contributed by atoms with Crippen LogP contribution in [0.1, 0.15) is 77.8 Å². The monoisotopic (exact) mass is 953 g/mol. The van der Waals surface area contributed by atoms with Crippen molar-refractivity contribution in [2.45, 2.75) is 76.3 Å². The van der Waals surface area contributed by atoms with Gasteiger partial charge in [-0.15, -0.1) is 0 Å². The van der Waals surface area contributed by atoms with Gasteiger partial charge in [-0.3, -0.25) is 9.36 Å². The van der Waals surface area contributed by atoms with Gasteiger partial charge in [0.1, 0.15) is 35.1 Å². The van der Waals surface area contributed by atoms with Gasteiger partial charge in [0.05, 0.1) is 45.5 Å². The second-order valence-electron chi connectivity index (χ2n) is 16.6. The number of benzene rings is 5. The molecule has 5 atom stereocenters. The maximum Gasteiger partial charge on any atom is 0.351 e. The highest BCUT2D eigenvalue weighted by Gasteiger charge is 2.52. The molecule has 6 aromatic rings. The molecule has 16 heteroatoms. The smallest absolute Gasteiger partial charge is 0.351 e. The van der Waals surface area contributed by atoms with E-state index in [-0.39, 0.29) is 43.1 Å². The first kappa shape index (κ1) is 50.1. The SMILES string of the molecule is COc1ccc(C(O[C@H]2CO[C@@H](n3ccc(NC(=O)c4ccccc4)nc3=O)[C@H](OC(=O)c3ccccc3)[C@@H]2OP(OCCC#N)N(C(C)C)C(C)C)(c2ccccc2)c2ccc(OC)cc2)cc1. The highest BCUT2D eigenvalue weighted by molar-refractivity contribution is 7.44. The number of esters is 1. The molecular weight excluding hydrogens is 898 g/mol. The molecule has 1 amide bonds. The normalized spacial score (nSPS) is 17.5. The van der Waals surface area contributed by atoms with Gasteiger partial charge in [0.2, 0.25) is 0 Å². The first-order valence-corrected chi connectivity index (χ1v) is 23.7. The number of anilines is 1. The van der Waals surface area contributed by atoms with E-state index in [1.54, 1.807) is 74.9 Å². The Bertz CT molecular complexity index is 2650. The molecule has 0 bridgehead atoms. The van der Waals surface area contributed by atoms with E-state index >= 15 is 0 Å². The number of nitrogens with one attached hydrogen (secondary N) is 1. The highest BCUT2D eigenvalue weighted by Crippen LogP contribution is 2.51. The molecule has 0 aliphatic carbocycles. The third-order valence-corrected chi connectivity index (χ3v) is 13.5. The summed E-state index contributed by atoms with van der Waals surface area (Å²) in [6.45, 7) is 7.87. The fraction of sp³-hybridized carbons (Fsp3) is 0.302. The van der Waals surface area contributed by atoms with Crippen LogP contribution in [0.25, 0.3) is 0 Å². The summed E-state index contributed by atoms with van der Waals surface area (Å²) in [7, 11) is 1.14. The molecule has 0 spiro atoms. The topological polar surface area (TPSA) is 173 Å². The average Bonchev–Trinajstić information content (AvgIpc) is 3.37. The summed E-state index contributed by atoms with van der Waals surface area (Å²) in [5.74, 6) is 0.0624. The number of nitriles is 1. The zero-order valence-corrected chi connectivity index (χ0v) is 40.2. The van der Waals surface area contributed by atoms with Crippen LogP contribution >= 0.6 is 8.53 Å². The third kappa shape index (κ3) is 11.8. The lowest BCUT2D eigenvalue weighted by atomic mass is 9.79. The van der Waals surface area contributed by atoms with E-state index in [2.05, 4.69) is 21.0 Å². The molecule has 1 saturated heterocycles. The van der Waals surface area contributed by atoms with Crippen molar-refractivity contribution < 1.29 is 42.3 Å². The van der Waals surface area contributed by atoms with Gasteiger partial charge in [0, 0.05) is 23.8 Å². The minimum Gasteiger partial charge on any atom is -0.497 e. The minimum absolute atomic E-state index is 0.00157. The van der Waals surface area contributed by atoms with Gasteiger partial charge in [-0.1, -0.05) is 91.0 Å². The Morgan fingerprint density at radius 1 is 0.783 bits per heavy atom. The second kappa shape index (κ2) is 23.5. The summed E-state index contributed by atoms with van der Waals surface area (Å²) < 4.78 is 49.2. The predicted molar refractivity (Wildman–Crippen MR) is 261 cm³/mol. The highest BCUT2D eigenvalue weighted by atomic mass is 31.2. The zero-order chi connectivity index (χ0) is 48.9. The van der Waals surface area contributed by atoms with Gasteiger partial charge in [-0.2, -0.15) is 10.2 Å². The summed E-state index contributed by atoms with van der Waals surface area (Å²) in [5.41, 5.74) is 0.559. The van der Waals surface area contributed by atoms with Crippen LogP contribution in [-0.4, -0.2) is 83.9 Å². The maximum absolute atomic E-state index is 14.4. The number of rotatable bonds is 20. The third-order valence-electron chi connectivity index (χ3n) is 11.4. The number of ether oxygens (including phenoxy) is 5. The molecule has 5 aromatic carbocycles. The zero-order valence-electron chi connectivity index (χ0n) is 39.3. The van der Waals surface area contributed by atoms with E-state index in [1.165, 1.54) is 16.8 Å². The number of methoxy groups -OCH3 is 2. The van der Waals surface area contributed by atoms with E-state index in [0.29, 0.717) is 28.2 Å². The lowest BCUT2D eigenvalue weighted by molar-refractivity contribution is -0.235. The number of nitrogens with zero attached hydrogens (tertiary/aromatic N) is 4. The van der Waals surface area contributed by atoms with Crippen molar-refractivity contribution in [2.24, 2.45) is 0 Å². The van der Waals surface area contributed by atoms with E-state index in [9.17, 15) is 19.6 Å². The molecule has 1 N–H and O–H groups in total. The molecule has 0 saturated carbocycles. The standard InChI is InChI=1S/C53H56N5O10P/c1-36(2)58(37(3)4)69(65-34-16-32-54)68-47-45(67-53(40-21-14-9-15-22-40,41-23-27-43(62-5)28-24-41)42-25-29-44(63-6)30-26-42)35-64-50(48(47)66-51(60)39-19-12-8-13-20-39)57-33-31-46(56-52(57)61)55-49(59)38-17-10-7-11-18-38/h7-15,17-31,33,36-37,45,47-48,50H,16,34-35H2,1-6H3,(H,55,56,59,61)/t45-,47+,48+,50+,69?/m0/s1. The first-order valence-electron chi connectivity index (χ1n) is 22.6. The molecular formula is C53H56N5O10P. The molecule has 1 aromatic heterocycles. The summed E-state index contributed by atoms with van der Waals surface area (Å²) in [6, 6.07) is 45.1. The Morgan fingerprint density at radius 2 is 1.32 bits per heavy atom. The second-order valence-corrected chi connectivity index (χ2v) is 18.0. The Balaban J connectivity index is 1.42. The van der Waals surface area contributed by atoms with Crippen LogP contribution in [-0.2, 0) is 28.9 Å². The van der Waals surface area contributed by atoms with Gasteiger partial charge >= 0.3 is 11.7 Å².